The summed E-state index contributed by atoms with van der Waals surface area (Å²) in [5, 5.41) is 4.58. The Morgan fingerprint density at radius 1 is 1.75 bits per heavy atom. The summed E-state index contributed by atoms with van der Waals surface area (Å²) in [5.74, 6) is 0.165. The molecule has 66 valence electrons. The molecule has 3 nitrogen and oxygen atoms in total. The van der Waals surface area contributed by atoms with Crippen molar-refractivity contribution in [2.24, 2.45) is 0 Å². The number of nitrogens with zero attached hydrogens (tertiary/aromatic N) is 2. The highest BCUT2D eigenvalue weighted by Crippen LogP contribution is 2.12. The summed E-state index contributed by atoms with van der Waals surface area (Å²) in [6.45, 7) is 4.01. The molecule has 0 spiro atoms. The largest absolute Gasteiger partial charge is 0.298 e. The lowest BCUT2D eigenvalue weighted by atomic mass is 10.3. The summed E-state index contributed by atoms with van der Waals surface area (Å²) in [7, 11) is 0. The van der Waals surface area contributed by atoms with E-state index < -0.39 is 0 Å². The Labute approximate surface area is 76.3 Å². The fourth-order valence-corrected chi connectivity index (χ4v) is 1.00. The standard InChI is InChI=1S/C8H11ClN2O/c1-3-7(12)5-11-6(2)8(9)4-10-11/h4H,3,5H2,1-2H3. The number of hydrogen-bond donors (Lipinski definition) is 0. The zero-order chi connectivity index (χ0) is 9.14. The Morgan fingerprint density at radius 2 is 2.42 bits per heavy atom. The lowest BCUT2D eigenvalue weighted by Gasteiger charge is -2.00. The molecule has 0 saturated carbocycles. The van der Waals surface area contributed by atoms with Crippen molar-refractivity contribution in [2.45, 2.75) is 26.8 Å². The maximum atomic E-state index is 11.0. The molecule has 1 aromatic rings. The van der Waals surface area contributed by atoms with Crippen LogP contribution in [0.2, 0.25) is 5.02 Å². The van der Waals surface area contributed by atoms with Crippen LogP contribution in [0.15, 0.2) is 6.20 Å². The van der Waals surface area contributed by atoms with Gasteiger partial charge in [-0.05, 0) is 6.92 Å². The van der Waals surface area contributed by atoms with Crippen LogP contribution in [0.3, 0.4) is 0 Å². The van der Waals surface area contributed by atoms with Crippen LogP contribution in [0.1, 0.15) is 19.0 Å². The molecule has 0 atom stereocenters. The lowest BCUT2D eigenvalue weighted by molar-refractivity contribution is -0.119. The van der Waals surface area contributed by atoms with Crippen LogP contribution in [-0.4, -0.2) is 15.6 Å². The molecular weight excluding hydrogens is 176 g/mol. The molecule has 0 aliphatic rings. The van der Waals surface area contributed by atoms with Gasteiger partial charge in [0.1, 0.15) is 0 Å². The summed E-state index contributed by atoms with van der Waals surface area (Å²) in [4.78, 5) is 11.0. The number of aromatic nitrogens is 2. The van der Waals surface area contributed by atoms with Crippen LogP contribution in [0, 0.1) is 6.92 Å². The molecule has 0 fully saturated rings. The molecule has 1 rings (SSSR count). The van der Waals surface area contributed by atoms with Gasteiger partial charge in [-0.3, -0.25) is 9.48 Å². The van der Waals surface area contributed by atoms with Gasteiger partial charge in [0.25, 0.3) is 0 Å². The minimum absolute atomic E-state index is 0.165. The van der Waals surface area contributed by atoms with Crippen LogP contribution in [0.4, 0.5) is 0 Å². The maximum Gasteiger partial charge on any atom is 0.154 e. The summed E-state index contributed by atoms with van der Waals surface area (Å²) in [6.07, 6.45) is 2.09. The van der Waals surface area contributed by atoms with E-state index in [4.69, 9.17) is 11.6 Å². The smallest absolute Gasteiger partial charge is 0.154 e. The van der Waals surface area contributed by atoms with Crippen LogP contribution in [0.25, 0.3) is 0 Å². The molecule has 0 aromatic carbocycles. The SMILES string of the molecule is CCC(=O)Cn1ncc(Cl)c1C. The number of rotatable bonds is 3. The number of carbonyl (C=O) groups is 1. The normalized spacial score (nSPS) is 10.2. The Morgan fingerprint density at radius 3 is 2.83 bits per heavy atom. The first-order chi connectivity index (χ1) is 5.65. The predicted molar refractivity (Wildman–Crippen MR) is 47.3 cm³/mol. The van der Waals surface area contributed by atoms with E-state index in [-0.39, 0.29) is 5.78 Å². The Hall–Kier alpha value is -0.830. The molecule has 0 bridgehead atoms. The molecule has 0 N–H and O–H groups in total. The number of hydrogen-bond acceptors (Lipinski definition) is 2. The van der Waals surface area contributed by atoms with Crippen LogP contribution in [-0.2, 0) is 11.3 Å². The van der Waals surface area contributed by atoms with E-state index >= 15 is 0 Å². The molecular formula is C8H11ClN2O. The highest BCUT2D eigenvalue weighted by molar-refractivity contribution is 6.31. The van der Waals surface area contributed by atoms with Crippen molar-refractivity contribution < 1.29 is 4.79 Å². The van der Waals surface area contributed by atoms with Crippen molar-refractivity contribution in [3.05, 3.63) is 16.9 Å². The third kappa shape index (κ3) is 1.85. The highest BCUT2D eigenvalue weighted by Gasteiger charge is 2.06. The number of ketones is 1. The predicted octanol–water partition coefficient (Wildman–Crippen LogP) is 1.82. The maximum absolute atomic E-state index is 11.0. The highest BCUT2D eigenvalue weighted by atomic mass is 35.5. The molecule has 1 aromatic heterocycles. The van der Waals surface area contributed by atoms with Gasteiger partial charge in [0.15, 0.2) is 5.78 Å². The van der Waals surface area contributed by atoms with E-state index in [1.807, 2.05) is 13.8 Å². The van der Waals surface area contributed by atoms with Crippen molar-refractivity contribution in [3.63, 3.8) is 0 Å². The van der Waals surface area contributed by atoms with Crippen LogP contribution >= 0.6 is 11.6 Å². The monoisotopic (exact) mass is 186 g/mol. The minimum Gasteiger partial charge on any atom is -0.298 e. The third-order valence-electron chi connectivity index (χ3n) is 1.76. The summed E-state index contributed by atoms with van der Waals surface area (Å²) in [6, 6.07) is 0. The van der Waals surface area contributed by atoms with Crippen molar-refractivity contribution in [1.29, 1.82) is 0 Å². The zero-order valence-electron chi connectivity index (χ0n) is 7.17. The van der Waals surface area contributed by atoms with E-state index in [9.17, 15) is 4.79 Å². The van der Waals surface area contributed by atoms with Gasteiger partial charge < -0.3 is 0 Å². The molecule has 0 amide bonds. The molecule has 0 saturated heterocycles. The molecule has 12 heavy (non-hydrogen) atoms. The fraction of sp³-hybridized carbons (Fsp3) is 0.500. The van der Waals surface area contributed by atoms with Gasteiger partial charge in [-0.2, -0.15) is 5.10 Å². The number of carbonyl (C=O) groups excluding carboxylic acids is 1. The summed E-state index contributed by atoms with van der Waals surface area (Å²) in [5.41, 5.74) is 0.846. The summed E-state index contributed by atoms with van der Waals surface area (Å²) >= 11 is 5.76. The van der Waals surface area contributed by atoms with E-state index in [1.54, 1.807) is 10.9 Å². The summed E-state index contributed by atoms with van der Waals surface area (Å²) < 4.78 is 1.62. The van der Waals surface area contributed by atoms with Crippen LogP contribution in [0.5, 0.6) is 0 Å². The van der Waals surface area contributed by atoms with Crippen molar-refractivity contribution in [1.82, 2.24) is 9.78 Å². The molecule has 0 aliphatic carbocycles. The van der Waals surface area contributed by atoms with Crippen molar-refractivity contribution in [2.75, 3.05) is 0 Å². The van der Waals surface area contributed by atoms with Gasteiger partial charge >= 0.3 is 0 Å². The van der Waals surface area contributed by atoms with Crippen LogP contribution < -0.4 is 0 Å². The molecule has 0 aliphatic heterocycles. The van der Waals surface area contributed by atoms with Gasteiger partial charge in [0, 0.05) is 6.42 Å². The zero-order valence-corrected chi connectivity index (χ0v) is 7.93. The topological polar surface area (TPSA) is 34.9 Å². The number of Topliss-reactive ketones (excluding diaryl/α,β-unsaturated/α-hetero) is 1. The second-order valence-corrected chi connectivity index (χ2v) is 3.03. The van der Waals surface area contributed by atoms with Gasteiger partial charge in [-0.15, -0.1) is 0 Å². The van der Waals surface area contributed by atoms with E-state index in [2.05, 4.69) is 5.10 Å². The first kappa shape index (κ1) is 9.26. The van der Waals surface area contributed by atoms with E-state index in [1.165, 1.54) is 0 Å². The Balaban J connectivity index is 2.76. The van der Waals surface area contributed by atoms with Gasteiger partial charge in [-0.25, -0.2) is 0 Å². The number of halogens is 1. The van der Waals surface area contributed by atoms with Crippen molar-refractivity contribution >= 4 is 17.4 Å². The first-order valence-electron chi connectivity index (χ1n) is 3.84. The quantitative estimate of drug-likeness (QED) is 0.722. The van der Waals surface area contributed by atoms with E-state index in [0.717, 1.165) is 5.69 Å². The lowest BCUT2D eigenvalue weighted by Crippen LogP contribution is -2.11. The van der Waals surface area contributed by atoms with Gasteiger partial charge in [-0.1, -0.05) is 18.5 Å². The molecule has 4 heteroatoms. The van der Waals surface area contributed by atoms with Gasteiger partial charge in [0.05, 0.1) is 23.5 Å². The minimum atomic E-state index is 0.165. The second kappa shape index (κ2) is 3.72. The third-order valence-corrected chi connectivity index (χ3v) is 2.13. The second-order valence-electron chi connectivity index (χ2n) is 2.63. The van der Waals surface area contributed by atoms with Gasteiger partial charge in [0.2, 0.25) is 0 Å². The molecule has 1 heterocycles. The fourth-order valence-electron chi connectivity index (χ4n) is 0.862. The average molecular weight is 187 g/mol. The Bertz CT molecular complexity index is 293. The van der Waals surface area contributed by atoms with Crippen molar-refractivity contribution in [3.8, 4) is 0 Å². The Kier molecular flexibility index (Phi) is 2.87. The molecule has 0 unspecified atom stereocenters. The molecule has 0 radical (unpaired) electrons. The average Bonchev–Trinajstić information content (AvgIpc) is 2.36. The first-order valence-corrected chi connectivity index (χ1v) is 4.22. The van der Waals surface area contributed by atoms with E-state index in [0.29, 0.717) is 18.0 Å².